The van der Waals surface area contributed by atoms with Gasteiger partial charge in [0.1, 0.15) is 5.69 Å². The zero-order chi connectivity index (χ0) is 24.1. The molecule has 1 aromatic heterocycles. The summed E-state index contributed by atoms with van der Waals surface area (Å²) in [5.74, 6) is 0.501. The maximum atomic E-state index is 12.7. The average molecular weight is 461 g/mol. The van der Waals surface area contributed by atoms with Crippen LogP contribution in [0.4, 0.5) is 5.69 Å². The minimum atomic E-state index is -0.310. The first-order chi connectivity index (χ1) is 16.4. The molecule has 0 bridgehead atoms. The molecule has 3 heterocycles. The fourth-order valence-electron chi connectivity index (χ4n) is 3.98. The van der Waals surface area contributed by atoms with E-state index in [4.69, 9.17) is 9.47 Å². The molecule has 0 spiro atoms. The molecule has 1 fully saturated rings. The van der Waals surface area contributed by atoms with Crippen LogP contribution in [0.25, 0.3) is 5.57 Å². The van der Waals surface area contributed by atoms with Gasteiger partial charge in [0.25, 0.3) is 5.91 Å². The van der Waals surface area contributed by atoms with Crippen LogP contribution in [0.3, 0.4) is 0 Å². The Morgan fingerprint density at radius 3 is 2.74 bits per heavy atom. The number of aromatic nitrogens is 1. The second-order valence-corrected chi connectivity index (χ2v) is 8.82. The smallest absolute Gasteiger partial charge is 0.252 e. The zero-order valence-electron chi connectivity index (χ0n) is 20.2. The monoisotopic (exact) mass is 460 g/mol. The third-order valence-corrected chi connectivity index (χ3v) is 5.71. The number of aliphatic imine (C=N–C) groups is 1. The fraction of sp³-hybridized carbons (Fsp3) is 0.370. The molecule has 7 nitrogen and oxygen atoms in total. The summed E-state index contributed by atoms with van der Waals surface area (Å²) in [6.45, 7) is 10.9. The number of carbonyl (C=O) groups excluding carboxylic acids is 1. The quantitative estimate of drug-likeness (QED) is 0.700. The summed E-state index contributed by atoms with van der Waals surface area (Å²) in [5.41, 5.74) is 5.41. The van der Waals surface area contributed by atoms with Crippen molar-refractivity contribution in [2.75, 3.05) is 31.2 Å². The van der Waals surface area contributed by atoms with Crippen LogP contribution in [-0.2, 0) is 4.74 Å². The second-order valence-electron chi connectivity index (χ2n) is 8.82. The number of pyridine rings is 1. The number of morpholine rings is 1. The van der Waals surface area contributed by atoms with Gasteiger partial charge in [-0.1, -0.05) is 29.8 Å². The summed E-state index contributed by atoms with van der Waals surface area (Å²) >= 11 is 0. The molecule has 1 unspecified atom stereocenters. The Morgan fingerprint density at radius 2 is 2.00 bits per heavy atom. The van der Waals surface area contributed by atoms with Crippen LogP contribution < -0.4 is 15.0 Å². The van der Waals surface area contributed by atoms with Crippen molar-refractivity contribution in [3.63, 3.8) is 0 Å². The van der Waals surface area contributed by atoms with Crippen LogP contribution in [0.5, 0.6) is 5.88 Å². The standard InChI is InChI=1S/C27H32N4O3/c1-18(2)34-27-25(31-10-12-33-13-11-31)15-22(16-29-27)24-9-8-23(17-28-20(24)4)30-26(32)21-7-5-6-19(3)14-21/h5-9,14-18,23H,10-13H2,1-4H3,(H,30,32). The highest BCUT2D eigenvalue weighted by Crippen LogP contribution is 2.33. The molecule has 1 atom stereocenters. The van der Waals surface area contributed by atoms with Crippen molar-refractivity contribution in [2.45, 2.75) is 39.8 Å². The highest BCUT2D eigenvalue weighted by Gasteiger charge is 2.20. The van der Waals surface area contributed by atoms with Crippen molar-refractivity contribution in [1.29, 1.82) is 0 Å². The van der Waals surface area contributed by atoms with E-state index in [1.54, 1.807) is 6.21 Å². The third-order valence-electron chi connectivity index (χ3n) is 5.71. The molecule has 2 aromatic rings. The van der Waals surface area contributed by atoms with Crippen LogP contribution in [0.1, 0.15) is 42.3 Å². The molecule has 2 aliphatic heterocycles. The van der Waals surface area contributed by atoms with Gasteiger partial charge in [0.2, 0.25) is 5.88 Å². The van der Waals surface area contributed by atoms with Gasteiger partial charge in [-0.25, -0.2) is 4.98 Å². The van der Waals surface area contributed by atoms with Gasteiger partial charge < -0.3 is 19.7 Å². The minimum absolute atomic E-state index is 0.0271. The number of rotatable bonds is 6. The fourth-order valence-corrected chi connectivity index (χ4v) is 3.98. The Balaban J connectivity index is 1.57. The molecule has 7 heteroatoms. The highest BCUT2D eigenvalue weighted by atomic mass is 16.5. The number of nitrogens with one attached hydrogen (secondary N) is 1. The Labute approximate surface area is 201 Å². The molecule has 0 saturated carbocycles. The van der Waals surface area contributed by atoms with Crippen LogP contribution in [-0.4, -0.2) is 55.6 Å². The molecular formula is C27H32N4O3. The van der Waals surface area contributed by atoms with Crippen molar-refractivity contribution in [1.82, 2.24) is 10.3 Å². The maximum absolute atomic E-state index is 12.7. The third kappa shape index (κ3) is 5.72. The first-order valence-electron chi connectivity index (χ1n) is 11.7. The van der Waals surface area contributed by atoms with Crippen molar-refractivity contribution in [3.05, 3.63) is 71.1 Å². The number of hydrogen-bond donors (Lipinski definition) is 1. The number of ether oxygens (including phenoxy) is 2. The van der Waals surface area contributed by atoms with E-state index in [0.29, 0.717) is 24.7 Å². The Morgan fingerprint density at radius 1 is 1.21 bits per heavy atom. The zero-order valence-corrected chi connectivity index (χ0v) is 20.2. The normalized spacial score (nSPS) is 18.3. The molecule has 1 saturated heterocycles. The Bertz CT molecular complexity index is 1130. The largest absolute Gasteiger partial charge is 0.473 e. The molecule has 2 aliphatic rings. The van der Waals surface area contributed by atoms with Gasteiger partial charge in [-0.3, -0.25) is 9.79 Å². The van der Waals surface area contributed by atoms with Crippen LogP contribution in [0.2, 0.25) is 0 Å². The Kier molecular flexibility index (Phi) is 7.43. The van der Waals surface area contributed by atoms with E-state index < -0.39 is 0 Å². The molecule has 0 radical (unpaired) electrons. The summed E-state index contributed by atoms with van der Waals surface area (Å²) in [5, 5.41) is 3.03. The van der Waals surface area contributed by atoms with Gasteiger partial charge in [-0.2, -0.15) is 0 Å². The molecule has 1 aromatic carbocycles. The molecule has 178 valence electrons. The lowest BCUT2D eigenvalue weighted by Gasteiger charge is -2.30. The van der Waals surface area contributed by atoms with E-state index in [0.717, 1.165) is 41.2 Å². The number of aryl methyl sites for hydroxylation is 1. The van der Waals surface area contributed by atoms with E-state index in [1.165, 1.54) is 0 Å². The molecule has 1 N–H and O–H groups in total. The molecule has 34 heavy (non-hydrogen) atoms. The lowest BCUT2D eigenvalue weighted by Crippen LogP contribution is -2.36. The predicted molar refractivity (Wildman–Crippen MR) is 136 cm³/mol. The topological polar surface area (TPSA) is 76.1 Å². The highest BCUT2D eigenvalue weighted by molar-refractivity contribution is 5.97. The summed E-state index contributed by atoms with van der Waals surface area (Å²) in [4.78, 5) is 24.2. The number of carbonyl (C=O) groups is 1. The number of benzene rings is 1. The van der Waals surface area contributed by atoms with Gasteiger partial charge in [0.15, 0.2) is 0 Å². The average Bonchev–Trinajstić information content (AvgIpc) is 3.01. The predicted octanol–water partition coefficient (Wildman–Crippen LogP) is 4.18. The number of hydrogen-bond acceptors (Lipinski definition) is 6. The number of allylic oxidation sites excluding steroid dienone is 3. The number of nitrogens with zero attached hydrogens (tertiary/aromatic N) is 3. The summed E-state index contributed by atoms with van der Waals surface area (Å²) < 4.78 is 11.5. The molecule has 0 aliphatic carbocycles. The number of anilines is 1. The lowest BCUT2D eigenvalue weighted by molar-refractivity contribution is 0.0952. The summed E-state index contributed by atoms with van der Waals surface area (Å²) in [6, 6.07) is 9.35. The molecule has 4 rings (SSSR count). The number of amides is 1. The van der Waals surface area contributed by atoms with E-state index in [2.05, 4.69) is 26.3 Å². The second kappa shape index (κ2) is 10.7. The van der Waals surface area contributed by atoms with Crippen molar-refractivity contribution >= 4 is 23.4 Å². The van der Waals surface area contributed by atoms with E-state index in [1.807, 2.05) is 70.3 Å². The van der Waals surface area contributed by atoms with E-state index in [-0.39, 0.29) is 18.1 Å². The van der Waals surface area contributed by atoms with Crippen LogP contribution >= 0.6 is 0 Å². The van der Waals surface area contributed by atoms with E-state index >= 15 is 0 Å². The first-order valence-corrected chi connectivity index (χ1v) is 11.7. The summed E-state index contributed by atoms with van der Waals surface area (Å²) in [7, 11) is 0. The van der Waals surface area contributed by atoms with Crippen molar-refractivity contribution in [3.8, 4) is 5.88 Å². The van der Waals surface area contributed by atoms with Crippen molar-refractivity contribution < 1.29 is 14.3 Å². The SMILES string of the molecule is CC1=C(c2cnc(OC(C)C)c(N3CCOCC3)c2)C=CC(NC(=O)c2cccc(C)c2)C=N1. The first kappa shape index (κ1) is 23.7. The van der Waals surface area contributed by atoms with Gasteiger partial charge >= 0.3 is 0 Å². The molecular weight excluding hydrogens is 428 g/mol. The summed E-state index contributed by atoms with van der Waals surface area (Å²) in [6.07, 6.45) is 7.58. The van der Waals surface area contributed by atoms with Crippen LogP contribution in [0, 0.1) is 6.92 Å². The minimum Gasteiger partial charge on any atom is -0.473 e. The van der Waals surface area contributed by atoms with Gasteiger partial charge in [-0.05, 0) is 45.9 Å². The van der Waals surface area contributed by atoms with Gasteiger partial charge in [-0.15, -0.1) is 0 Å². The van der Waals surface area contributed by atoms with E-state index in [9.17, 15) is 4.79 Å². The van der Waals surface area contributed by atoms with Crippen LogP contribution in [0.15, 0.2) is 59.4 Å². The maximum Gasteiger partial charge on any atom is 0.252 e. The van der Waals surface area contributed by atoms with Crippen molar-refractivity contribution in [2.24, 2.45) is 4.99 Å². The van der Waals surface area contributed by atoms with Gasteiger partial charge in [0, 0.05) is 47.9 Å². The Hall–Kier alpha value is -3.45. The van der Waals surface area contributed by atoms with Gasteiger partial charge in [0.05, 0.1) is 25.4 Å². The molecule has 1 amide bonds. The lowest BCUT2D eigenvalue weighted by atomic mass is 10.0.